The Kier molecular flexibility index (Phi) is 9.20. The normalized spacial score (nSPS) is 15.5. The molecule has 3 aromatic carbocycles. The number of carbonyl (C=O) groups is 2. The van der Waals surface area contributed by atoms with Crippen LogP contribution in [-0.4, -0.2) is 33.1 Å². The zero-order valence-corrected chi connectivity index (χ0v) is 23.7. The van der Waals surface area contributed by atoms with E-state index in [0.717, 1.165) is 28.8 Å². The highest BCUT2D eigenvalue weighted by atomic mass is 19.4. The van der Waals surface area contributed by atoms with E-state index in [2.05, 4.69) is 5.32 Å². The fourth-order valence-corrected chi connectivity index (χ4v) is 5.18. The number of nitrogens with zero attached hydrogens (tertiary/aromatic N) is 2. The Bertz CT molecular complexity index is 1740. The predicted octanol–water partition coefficient (Wildman–Crippen LogP) is 7.01. The van der Waals surface area contributed by atoms with E-state index >= 15 is 0 Å². The van der Waals surface area contributed by atoms with E-state index in [1.165, 1.54) is 6.08 Å². The van der Waals surface area contributed by atoms with E-state index in [0.29, 0.717) is 47.2 Å². The number of carbonyl (C=O) groups excluding carboxylic acids is 1. The molecule has 7 nitrogen and oxygen atoms in total. The van der Waals surface area contributed by atoms with Crippen LogP contribution in [0.2, 0.25) is 0 Å². The van der Waals surface area contributed by atoms with Crippen LogP contribution in [0.5, 0.6) is 0 Å². The van der Waals surface area contributed by atoms with Crippen molar-refractivity contribution in [2.45, 2.75) is 50.4 Å². The molecule has 1 heterocycles. The molecule has 2 atom stereocenters. The fraction of sp³-hybridized carbons (Fsp3) is 0.235. The summed E-state index contributed by atoms with van der Waals surface area (Å²) in [5.41, 5.74) is 10.8. The number of hydrogen-bond acceptors (Lipinski definition) is 5. The molecule has 226 valence electrons. The summed E-state index contributed by atoms with van der Waals surface area (Å²) in [6, 6.07) is 22.3. The molecule has 4 N–H and O–H groups in total. The molecule has 5 rings (SSSR count). The number of hydrogen-bond donors (Lipinski definition) is 3. The lowest BCUT2D eigenvalue weighted by Crippen LogP contribution is -2.34. The standard InChI is InChI=1S/C34H31F3N4O3/c35-34(36,37)26-16-13-22(14-17-26)31-28(11-4-5-12-30(42)43)39-29-20-25(15-18-27(29)40-31)33(44)41-32(38)24-10-6-9-23(19-24)21-7-2-1-3-8-21/h1-3,6-10,13,15-20,22,32H,4-5,11-12,14,38H2,(H,41,44)(H,42,43). The summed E-state index contributed by atoms with van der Waals surface area (Å²) in [6.07, 6.45) is -0.0887. The van der Waals surface area contributed by atoms with Crippen molar-refractivity contribution in [2.24, 2.45) is 5.73 Å². The highest BCUT2D eigenvalue weighted by Gasteiger charge is 2.33. The lowest BCUT2D eigenvalue weighted by atomic mass is 9.91. The van der Waals surface area contributed by atoms with Crippen molar-refractivity contribution >= 4 is 22.9 Å². The third-order valence-corrected chi connectivity index (χ3v) is 7.50. The smallest absolute Gasteiger partial charge is 0.416 e. The molecule has 0 saturated carbocycles. The molecule has 0 spiro atoms. The van der Waals surface area contributed by atoms with Gasteiger partial charge in [0, 0.05) is 17.9 Å². The Morgan fingerprint density at radius 2 is 1.73 bits per heavy atom. The minimum absolute atomic E-state index is 0.00378. The monoisotopic (exact) mass is 600 g/mol. The third kappa shape index (κ3) is 7.38. The number of benzene rings is 3. The highest BCUT2D eigenvalue weighted by molar-refractivity contribution is 5.97. The van der Waals surface area contributed by atoms with Crippen LogP contribution in [0.15, 0.2) is 96.6 Å². The number of aliphatic carboxylic acids is 1. The number of allylic oxidation sites excluding steroid dienone is 4. The second-order valence-electron chi connectivity index (χ2n) is 10.7. The Morgan fingerprint density at radius 3 is 2.43 bits per heavy atom. The topological polar surface area (TPSA) is 118 Å². The third-order valence-electron chi connectivity index (χ3n) is 7.50. The van der Waals surface area contributed by atoms with Crippen LogP contribution in [-0.2, 0) is 11.2 Å². The van der Waals surface area contributed by atoms with Gasteiger partial charge >= 0.3 is 12.1 Å². The molecule has 10 heteroatoms. The second-order valence-corrected chi connectivity index (χ2v) is 10.7. The number of fused-ring (bicyclic) bond motifs is 1. The van der Waals surface area contributed by atoms with Crippen molar-refractivity contribution in [3.05, 3.63) is 119 Å². The van der Waals surface area contributed by atoms with Crippen molar-refractivity contribution in [3.63, 3.8) is 0 Å². The van der Waals surface area contributed by atoms with Crippen LogP contribution in [0.3, 0.4) is 0 Å². The molecule has 2 unspecified atom stereocenters. The number of nitrogens with two attached hydrogens (primary N) is 1. The number of aryl methyl sites for hydroxylation is 1. The highest BCUT2D eigenvalue weighted by Crippen LogP contribution is 2.35. The van der Waals surface area contributed by atoms with Crippen molar-refractivity contribution in [2.75, 3.05) is 0 Å². The van der Waals surface area contributed by atoms with Gasteiger partial charge in [0.25, 0.3) is 5.91 Å². The Labute approximate surface area is 252 Å². The minimum Gasteiger partial charge on any atom is -0.481 e. The number of aromatic nitrogens is 2. The Hall–Kier alpha value is -4.83. The number of halogens is 3. The molecule has 4 aromatic rings. The van der Waals surface area contributed by atoms with Crippen molar-refractivity contribution in [1.29, 1.82) is 0 Å². The van der Waals surface area contributed by atoms with Gasteiger partial charge in [0.2, 0.25) is 0 Å². The van der Waals surface area contributed by atoms with Gasteiger partial charge in [-0.2, -0.15) is 13.2 Å². The van der Waals surface area contributed by atoms with Gasteiger partial charge in [-0.1, -0.05) is 66.8 Å². The molecule has 0 bridgehead atoms. The average molecular weight is 601 g/mol. The van der Waals surface area contributed by atoms with Gasteiger partial charge < -0.3 is 16.2 Å². The van der Waals surface area contributed by atoms with Crippen LogP contribution in [0.1, 0.15) is 65.1 Å². The van der Waals surface area contributed by atoms with Gasteiger partial charge in [-0.25, -0.2) is 9.97 Å². The molecular formula is C34H31F3N4O3. The molecule has 0 saturated heterocycles. The van der Waals surface area contributed by atoms with E-state index in [1.54, 1.807) is 18.2 Å². The number of carboxylic acids is 1. The van der Waals surface area contributed by atoms with Gasteiger partial charge in [0.05, 0.1) is 28.0 Å². The predicted molar refractivity (Wildman–Crippen MR) is 162 cm³/mol. The van der Waals surface area contributed by atoms with Gasteiger partial charge in [-0.05, 0) is 66.6 Å². The number of carboxylic acid groups (broad SMARTS) is 1. The number of amides is 1. The van der Waals surface area contributed by atoms with E-state index < -0.39 is 35.7 Å². The summed E-state index contributed by atoms with van der Waals surface area (Å²) in [7, 11) is 0. The van der Waals surface area contributed by atoms with E-state index in [9.17, 15) is 22.8 Å². The molecule has 1 aliphatic carbocycles. The summed E-state index contributed by atoms with van der Waals surface area (Å²) in [5.74, 6) is -1.73. The molecule has 0 aliphatic heterocycles. The Balaban J connectivity index is 1.38. The van der Waals surface area contributed by atoms with Gasteiger partial charge in [-0.3, -0.25) is 9.59 Å². The summed E-state index contributed by atoms with van der Waals surface area (Å²) in [6.45, 7) is 0. The fourth-order valence-electron chi connectivity index (χ4n) is 5.18. The SMILES string of the molecule is NC(NC(=O)c1ccc2nc(C3C=CC(C(F)(F)F)=CC3)c(CCCCC(=O)O)nc2c1)c1cccc(-c2ccccc2)c1. The maximum atomic E-state index is 13.2. The lowest BCUT2D eigenvalue weighted by molar-refractivity contribution is -0.137. The maximum absolute atomic E-state index is 13.2. The second kappa shape index (κ2) is 13.2. The van der Waals surface area contributed by atoms with Gasteiger partial charge in [0.1, 0.15) is 6.17 Å². The molecular weight excluding hydrogens is 569 g/mol. The summed E-state index contributed by atoms with van der Waals surface area (Å²) >= 11 is 0. The first kappa shape index (κ1) is 30.6. The van der Waals surface area contributed by atoms with E-state index in [1.807, 2.05) is 54.6 Å². The van der Waals surface area contributed by atoms with Crippen molar-refractivity contribution in [3.8, 4) is 11.1 Å². The van der Waals surface area contributed by atoms with E-state index in [4.69, 9.17) is 20.8 Å². The summed E-state index contributed by atoms with van der Waals surface area (Å²) in [5, 5.41) is 11.8. The number of rotatable bonds is 10. The molecule has 1 amide bonds. The molecule has 1 aromatic heterocycles. The molecule has 44 heavy (non-hydrogen) atoms. The summed E-state index contributed by atoms with van der Waals surface area (Å²) in [4.78, 5) is 33.7. The molecule has 1 aliphatic rings. The van der Waals surface area contributed by atoms with Crippen LogP contribution >= 0.6 is 0 Å². The van der Waals surface area contributed by atoms with Crippen LogP contribution in [0.4, 0.5) is 13.2 Å². The quantitative estimate of drug-likeness (QED) is 0.133. The van der Waals surface area contributed by atoms with Crippen molar-refractivity contribution < 1.29 is 27.9 Å². The molecule has 0 fully saturated rings. The lowest BCUT2D eigenvalue weighted by Gasteiger charge is -2.20. The van der Waals surface area contributed by atoms with E-state index in [-0.39, 0.29) is 12.8 Å². The van der Waals surface area contributed by atoms with Crippen LogP contribution in [0, 0.1) is 0 Å². The first-order chi connectivity index (χ1) is 21.1. The van der Waals surface area contributed by atoms with Gasteiger partial charge in [0.15, 0.2) is 0 Å². The maximum Gasteiger partial charge on any atom is 0.416 e. The number of unbranched alkanes of at least 4 members (excludes halogenated alkanes) is 1. The number of nitrogens with one attached hydrogen (secondary N) is 1. The summed E-state index contributed by atoms with van der Waals surface area (Å²) < 4.78 is 39.5. The first-order valence-electron chi connectivity index (χ1n) is 14.3. The first-order valence-corrected chi connectivity index (χ1v) is 14.3. The minimum atomic E-state index is -4.43. The zero-order chi connectivity index (χ0) is 31.3. The average Bonchev–Trinajstić information content (AvgIpc) is 3.02. The Morgan fingerprint density at radius 1 is 0.955 bits per heavy atom. The van der Waals surface area contributed by atoms with Crippen molar-refractivity contribution in [1.82, 2.24) is 15.3 Å². The van der Waals surface area contributed by atoms with Gasteiger partial charge in [-0.15, -0.1) is 0 Å². The molecule has 0 radical (unpaired) electrons. The number of alkyl halides is 3. The largest absolute Gasteiger partial charge is 0.481 e. The van der Waals surface area contributed by atoms with Crippen LogP contribution < -0.4 is 11.1 Å². The zero-order valence-electron chi connectivity index (χ0n) is 23.7. The van der Waals surface area contributed by atoms with Crippen LogP contribution in [0.25, 0.3) is 22.2 Å².